The second-order valence-corrected chi connectivity index (χ2v) is 6.28. The summed E-state index contributed by atoms with van der Waals surface area (Å²) in [6, 6.07) is 14.5. The Bertz CT molecular complexity index is 956. The summed E-state index contributed by atoms with van der Waals surface area (Å²) >= 11 is 0. The fourth-order valence-electron chi connectivity index (χ4n) is 3.25. The molecule has 0 unspecified atom stereocenters. The quantitative estimate of drug-likeness (QED) is 0.824. The van der Waals surface area contributed by atoms with Gasteiger partial charge in [0.25, 0.3) is 0 Å². The lowest BCUT2D eigenvalue weighted by atomic mass is 9.88. The van der Waals surface area contributed by atoms with Crippen LogP contribution in [0.15, 0.2) is 65.9 Å². The molecular formula is C21H19FN2O4. The Morgan fingerprint density at radius 2 is 1.75 bits per heavy atom. The van der Waals surface area contributed by atoms with Gasteiger partial charge in [0.2, 0.25) is 11.8 Å². The van der Waals surface area contributed by atoms with Crippen molar-refractivity contribution in [1.29, 1.82) is 0 Å². The lowest BCUT2D eigenvalue weighted by molar-refractivity contribution is -0.138. The summed E-state index contributed by atoms with van der Waals surface area (Å²) in [5.41, 5.74) is 0.939. The van der Waals surface area contributed by atoms with Gasteiger partial charge in [0.15, 0.2) is 0 Å². The number of para-hydroxylation sites is 2. The van der Waals surface area contributed by atoms with Crippen molar-refractivity contribution in [3.63, 3.8) is 0 Å². The molecule has 0 aromatic heterocycles. The SMILES string of the molecule is COC(=O)C1=C(C)N(c2ccccc2)C(=O)C[C@H]1C(=O)Nc1ccccc1F. The van der Waals surface area contributed by atoms with Gasteiger partial charge in [0, 0.05) is 17.8 Å². The second kappa shape index (κ2) is 8.04. The molecule has 1 N–H and O–H groups in total. The van der Waals surface area contributed by atoms with Crippen LogP contribution >= 0.6 is 0 Å². The molecule has 144 valence electrons. The number of hydrogen-bond donors (Lipinski definition) is 1. The van der Waals surface area contributed by atoms with Crippen LogP contribution in [0.5, 0.6) is 0 Å². The van der Waals surface area contributed by atoms with E-state index in [0.717, 1.165) is 0 Å². The van der Waals surface area contributed by atoms with Crippen molar-refractivity contribution < 1.29 is 23.5 Å². The maximum atomic E-state index is 13.9. The third-order valence-electron chi connectivity index (χ3n) is 4.57. The molecule has 1 aliphatic rings. The van der Waals surface area contributed by atoms with E-state index in [2.05, 4.69) is 5.32 Å². The Labute approximate surface area is 161 Å². The molecule has 1 heterocycles. The number of nitrogens with one attached hydrogen (secondary N) is 1. The zero-order chi connectivity index (χ0) is 20.3. The molecule has 7 heteroatoms. The highest BCUT2D eigenvalue weighted by Gasteiger charge is 2.40. The second-order valence-electron chi connectivity index (χ2n) is 6.28. The number of ether oxygens (including phenoxy) is 1. The summed E-state index contributed by atoms with van der Waals surface area (Å²) < 4.78 is 18.7. The average molecular weight is 382 g/mol. The molecule has 2 amide bonds. The number of esters is 1. The van der Waals surface area contributed by atoms with Gasteiger partial charge in [0.05, 0.1) is 24.3 Å². The van der Waals surface area contributed by atoms with Gasteiger partial charge < -0.3 is 10.1 Å². The van der Waals surface area contributed by atoms with E-state index < -0.39 is 23.6 Å². The minimum absolute atomic E-state index is 0.0210. The van der Waals surface area contributed by atoms with Crippen molar-refractivity contribution in [2.45, 2.75) is 13.3 Å². The molecular weight excluding hydrogens is 363 g/mol. The van der Waals surface area contributed by atoms with Gasteiger partial charge in [-0.2, -0.15) is 0 Å². The lowest BCUT2D eigenvalue weighted by Gasteiger charge is -2.33. The Kier molecular flexibility index (Phi) is 5.54. The molecule has 1 atom stereocenters. The zero-order valence-electron chi connectivity index (χ0n) is 15.4. The number of methoxy groups -OCH3 is 1. The summed E-state index contributed by atoms with van der Waals surface area (Å²) in [5, 5.41) is 2.46. The average Bonchev–Trinajstić information content (AvgIpc) is 2.69. The Balaban J connectivity index is 2.00. The monoisotopic (exact) mass is 382 g/mol. The number of rotatable bonds is 4. The fourth-order valence-corrected chi connectivity index (χ4v) is 3.25. The van der Waals surface area contributed by atoms with E-state index in [0.29, 0.717) is 11.4 Å². The van der Waals surface area contributed by atoms with E-state index in [4.69, 9.17) is 4.74 Å². The highest BCUT2D eigenvalue weighted by atomic mass is 19.1. The first-order chi connectivity index (χ1) is 13.4. The fraction of sp³-hybridized carbons (Fsp3) is 0.190. The standard InChI is InChI=1S/C21H19FN2O4/c1-13-19(21(27)28-2)15(20(26)23-17-11-7-6-10-16(17)22)12-18(25)24(13)14-8-4-3-5-9-14/h3-11,15H,12H2,1-2H3,(H,23,26)/t15-/m1/s1. The number of nitrogens with zero attached hydrogens (tertiary/aromatic N) is 1. The number of carbonyl (C=O) groups is 3. The third kappa shape index (κ3) is 3.64. The summed E-state index contributed by atoms with van der Waals surface area (Å²) in [6.07, 6.45) is -0.239. The van der Waals surface area contributed by atoms with Crippen LogP contribution in [0, 0.1) is 11.7 Å². The molecule has 0 aliphatic carbocycles. The van der Waals surface area contributed by atoms with Crippen LogP contribution in [0.2, 0.25) is 0 Å². The molecule has 0 saturated heterocycles. The summed E-state index contributed by atoms with van der Waals surface area (Å²) in [7, 11) is 1.21. The first kappa shape index (κ1) is 19.3. The molecule has 0 spiro atoms. The Morgan fingerprint density at radius 1 is 1.11 bits per heavy atom. The van der Waals surface area contributed by atoms with Crippen molar-refractivity contribution in [1.82, 2.24) is 0 Å². The molecule has 0 bridgehead atoms. The van der Waals surface area contributed by atoms with Crippen LogP contribution < -0.4 is 10.2 Å². The van der Waals surface area contributed by atoms with Crippen molar-refractivity contribution in [2.75, 3.05) is 17.3 Å². The van der Waals surface area contributed by atoms with E-state index in [-0.39, 0.29) is 23.6 Å². The lowest BCUT2D eigenvalue weighted by Crippen LogP contribution is -2.43. The minimum atomic E-state index is -1.08. The highest BCUT2D eigenvalue weighted by molar-refractivity contribution is 6.10. The first-order valence-corrected chi connectivity index (χ1v) is 8.66. The molecule has 28 heavy (non-hydrogen) atoms. The van der Waals surface area contributed by atoms with Gasteiger partial charge in [-0.3, -0.25) is 14.5 Å². The number of halogens is 1. The molecule has 3 rings (SSSR count). The number of anilines is 2. The smallest absolute Gasteiger partial charge is 0.336 e. The van der Waals surface area contributed by atoms with Crippen LogP contribution in [0.1, 0.15) is 13.3 Å². The summed E-state index contributed by atoms with van der Waals surface area (Å²) in [5.74, 6) is -3.39. The molecule has 0 saturated carbocycles. The van der Waals surface area contributed by atoms with Crippen LogP contribution in [-0.2, 0) is 19.1 Å². The molecule has 6 nitrogen and oxygen atoms in total. The molecule has 2 aromatic carbocycles. The Hall–Kier alpha value is -3.48. The van der Waals surface area contributed by atoms with Crippen molar-refractivity contribution in [3.8, 4) is 0 Å². The normalized spacial score (nSPS) is 16.8. The Morgan fingerprint density at radius 3 is 2.39 bits per heavy atom. The van der Waals surface area contributed by atoms with Gasteiger partial charge in [-0.05, 0) is 31.2 Å². The van der Waals surface area contributed by atoms with Crippen molar-refractivity contribution in [3.05, 3.63) is 71.7 Å². The topological polar surface area (TPSA) is 75.7 Å². The van der Waals surface area contributed by atoms with Crippen LogP contribution in [0.25, 0.3) is 0 Å². The van der Waals surface area contributed by atoms with E-state index in [1.54, 1.807) is 37.3 Å². The van der Waals surface area contributed by atoms with Gasteiger partial charge in [-0.25, -0.2) is 9.18 Å². The van der Waals surface area contributed by atoms with Gasteiger partial charge in [-0.15, -0.1) is 0 Å². The summed E-state index contributed by atoms with van der Waals surface area (Å²) in [4.78, 5) is 39.4. The zero-order valence-corrected chi connectivity index (χ0v) is 15.4. The van der Waals surface area contributed by atoms with Crippen LogP contribution in [0.3, 0.4) is 0 Å². The number of benzene rings is 2. The van der Waals surface area contributed by atoms with Crippen molar-refractivity contribution in [2.24, 2.45) is 5.92 Å². The van der Waals surface area contributed by atoms with Crippen LogP contribution in [-0.4, -0.2) is 24.9 Å². The molecule has 0 radical (unpaired) electrons. The summed E-state index contributed by atoms with van der Waals surface area (Å²) in [6.45, 7) is 1.58. The van der Waals surface area contributed by atoms with Gasteiger partial charge in [0.1, 0.15) is 5.82 Å². The van der Waals surface area contributed by atoms with E-state index in [1.165, 1.54) is 30.2 Å². The van der Waals surface area contributed by atoms with Gasteiger partial charge >= 0.3 is 5.97 Å². The molecule has 0 fully saturated rings. The van der Waals surface area contributed by atoms with Crippen LogP contribution in [0.4, 0.5) is 15.8 Å². The minimum Gasteiger partial charge on any atom is -0.466 e. The third-order valence-corrected chi connectivity index (χ3v) is 4.57. The number of hydrogen-bond acceptors (Lipinski definition) is 4. The number of carbonyl (C=O) groups excluding carboxylic acids is 3. The molecule has 1 aliphatic heterocycles. The van der Waals surface area contributed by atoms with E-state index in [9.17, 15) is 18.8 Å². The van der Waals surface area contributed by atoms with Gasteiger partial charge in [-0.1, -0.05) is 30.3 Å². The largest absolute Gasteiger partial charge is 0.466 e. The predicted molar refractivity (Wildman–Crippen MR) is 102 cm³/mol. The number of allylic oxidation sites excluding steroid dienone is 1. The highest BCUT2D eigenvalue weighted by Crippen LogP contribution is 2.34. The maximum Gasteiger partial charge on any atom is 0.336 e. The maximum absolute atomic E-state index is 13.9. The van der Waals surface area contributed by atoms with E-state index >= 15 is 0 Å². The molecule has 2 aromatic rings. The first-order valence-electron chi connectivity index (χ1n) is 8.66. The van der Waals surface area contributed by atoms with E-state index in [1.807, 2.05) is 6.07 Å². The van der Waals surface area contributed by atoms with Crippen molar-refractivity contribution >= 4 is 29.2 Å². The predicted octanol–water partition coefficient (Wildman–Crippen LogP) is 3.26. The number of amides is 2.